The number of hydrogen-bond donors (Lipinski definition) is 1. The van der Waals surface area contributed by atoms with Gasteiger partial charge in [-0.25, -0.2) is 4.98 Å². The third-order valence-corrected chi connectivity index (χ3v) is 5.34. The lowest BCUT2D eigenvalue weighted by Crippen LogP contribution is -3.14. The van der Waals surface area contributed by atoms with Crippen LogP contribution in [0.25, 0.3) is 10.9 Å². The van der Waals surface area contributed by atoms with Gasteiger partial charge >= 0.3 is 0 Å². The molecule has 26 heavy (non-hydrogen) atoms. The number of carbonyl (C=O) groups is 1. The number of carbonyl (C=O) groups excluding carboxylic acids is 1. The molecule has 1 aromatic heterocycles. The van der Waals surface area contributed by atoms with E-state index in [4.69, 9.17) is 27.9 Å². The van der Waals surface area contributed by atoms with E-state index in [1.807, 2.05) is 24.0 Å². The summed E-state index contributed by atoms with van der Waals surface area (Å²) in [5.41, 5.74) is 1.43. The van der Waals surface area contributed by atoms with Crippen LogP contribution < -0.4 is 9.64 Å². The van der Waals surface area contributed by atoms with Gasteiger partial charge in [0.05, 0.1) is 42.8 Å². The predicted octanol–water partition coefficient (Wildman–Crippen LogP) is 2.37. The van der Waals surface area contributed by atoms with Gasteiger partial charge in [0.25, 0.3) is 5.91 Å². The van der Waals surface area contributed by atoms with E-state index >= 15 is 0 Å². The van der Waals surface area contributed by atoms with Crippen molar-refractivity contribution in [1.29, 1.82) is 0 Å². The number of fused-ring (bicyclic) bond motifs is 1. The minimum atomic E-state index is -0.0464. The number of piperazine rings is 1. The van der Waals surface area contributed by atoms with Gasteiger partial charge in [0.2, 0.25) is 0 Å². The van der Waals surface area contributed by atoms with E-state index in [-0.39, 0.29) is 12.5 Å². The molecule has 0 aliphatic carbocycles. The molecule has 0 radical (unpaired) electrons. The standard InChI is InChI=1S/C19H23Cl2N3O2/c1-3-6-23-7-9-24(10-8-23)17(25)12-26-19-16(21)11-15(20)14-5-4-13(2)22-18(14)19/h4-5,11H,3,6-10,12H2,1-2H3/p+1. The number of rotatable bonds is 5. The van der Waals surface area contributed by atoms with Gasteiger partial charge in [-0.3, -0.25) is 4.79 Å². The quantitative estimate of drug-likeness (QED) is 0.843. The van der Waals surface area contributed by atoms with E-state index in [0.29, 0.717) is 21.3 Å². The van der Waals surface area contributed by atoms with Crippen molar-refractivity contribution in [1.82, 2.24) is 9.88 Å². The first kappa shape index (κ1) is 19.2. The molecule has 0 atom stereocenters. The van der Waals surface area contributed by atoms with Gasteiger partial charge in [-0.1, -0.05) is 30.1 Å². The maximum atomic E-state index is 12.5. The Morgan fingerprint density at radius 3 is 2.69 bits per heavy atom. The number of halogens is 2. The lowest BCUT2D eigenvalue weighted by atomic mass is 10.2. The van der Waals surface area contributed by atoms with Crippen LogP contribution in [0.2, 0.25) is 10.0 Å². The van der Waals surface area contributed by atoms with Gasteiger partial charge < -0.3 is 14.5 Å². The Bertz CT molecular complexity index is 805. The molecule has 1 aliphatic heterocycles. The largest absolute Gasteiger partial charge is 0.480 e. The highest BCUT2D eigenvalue weighted by molar-refractivity contribution is 6.39. The first-order chi connectivity index (χ1) is 12.5. The molecule has 2 aromatic rings. The van der Waals surface area contributed by atoms with E-state index in [1.54, 1.807) is 11.0 Å². The number of benzene rings is 1. The van der Waals surface area contributed by atoms with Crippen molar-refractivity contribution < 1.29 is 14.4 Å². The summed E-state index contributed by atoms with van der Waals surface area (Å²) in [5.74, 6) is 0.394. The van der Waals surface area contributed by atoms with Crippen molar-refractivity contribution in [2.45, 2.75) is 20.3 Å². The highest BCUT2D eigenvalue weighted by Gasteiger charge is 2.24. The van der Waals surface area contributed by atoms with Crippen molar-refractivity contribution in [3.63, 3.8) is 0 Å². The number of pyridine rings is 1. The molecule has 7 heteroatoms. The number of aromatic nitrogens is 1. The van der Waals surface area contributed by atoms with Gasteiger partial charge in [0.1, 0.15) is 5.52 Å². The molecule has 140 valence electrons. The Morgan fingerprint density at radius 1 is 1.27 bits per heavy atom. The molecule has 1 aromatic carbocycles. The van der Waals surface area contributed by atoms with Crippen molar-refractivity contribution in [2.24, 2.45) is 0 Å². The Balaban J connectivity index is 1.70. The molecule has 1 N–H and O–H groups in total. The minimum Gasteiger partial charge on any atom is -0.480 e. The van der Waals surface area contributed by atoms with Gasteiger partial charge in [0, 0.05) is 11.1 Å². The number of quaternary nitrogens is 1. The number of nitrogens with zero attached hydrogens (tertiary/aromatic N) is 2. The molecule has 1 aliphatic rings. The van der Waals surface area contributed by atoms with Crippen LogP contribution >= 0.6 is 23.2 Å². The van der Waals surface area contributed by atoms with Crippen molar-refractivity contribution in [3.8, 4) is 5.75 Å². The summed E-state index contributed by atoms with van der Waals surface area (Å²) in [6.07, 6.45) is 1.17. The molecule has 1 saturated heterocycles. The summed E-state index contributed by atoms with van der Waals surface area (Å²) in [4.78, 5) is 20.4. The maximum Gasteiger partial charge on any atom is 0.260 e. The number of ether oxygens (including phenoxy) is 1. The third kappa shape index (κ3) is 4.22. The number of hydrogen-bond acceptors (Lipinski definition) is 3. The molecular formula is C19H24Cl2N3O2+. The summed E-state index contributed by atoms with van der Waals surface area (Å²) < 4.78 is 5.80. The lowest BCUT2D eigenvalue weighted by molar-refractivity contribution is -0.904. The van der Waals surface area contributed by atoms with Crippen LogP contribution in [0.15, 0.2) is 18.2 Å². The van der Waals surface area contributed by atoms with Crippen molar-refractivity contribution in [2.75, 3.05) is 39.3 Å². The highest BCUT2D eigenvalue weighted by Crippen LogP contribution is 2.37. The predicted molar refractivity (Wildman–Crippen MR) is 104 cm³/mol. The average molecular weight is 397 g/mol. The van der Waals surface area contributed by atoms with Gasteiger partial charge in [-0.05, 0) is 31.5 Å². The molecule has 5 nitrogen and oxygen atoms in total. The zero-order valence-electron chi connectivity index (χ0n) is 15.1. The van der Waals surface area contributed by atoms with Crippen LogP contribution in [0.1, 0.15) is 19.0 Å². The summed E-state index contributed by atoms with van der Waals surface area (Å²) >= 11 is 12.6. The van der Waals surface area contributed by atoms with E-state index in [1.165, 1.54) is 6.42 Å². The third-order valence-electron chi connectivity index (χ3n) is 4.74. The normalized spacial score (nSPS) is 15.5. The molecule has 1 fully saturated rings. The number of nitrogens with one attached hydrogen (secondary N) is 1. The molecule has 3 rings (SSSR count). The van der Waals surface area contributed by atoms with E-state index < -0.39 is 0 Å². The monoisotopic (exact) mass is 396 g/mol. The molecule has 0 spiro atoms. The van der Waals surface area contributed by atoms with Gasteiger partial charge in [-0.15, -0.1) is 0 Å². The molecule has 2 heterocycles. The van der Waals surface area contributed by atoms with Crippen LogP contribution in [-0.2, 0) is 4.79 Å². The second-order valence-electron chi connectivity index (χ2n) is 6.69. The fourth-order valence-electron chi connectivity index (χ4n) is 3.33. The fraction of sp³-hybridized carbons (Fsp3) is 0.474. The second kappa shape index (κ2) is 8.42. The molecule has 0 saturated carbocycles. The number of amides is 1. The SMILES string of the molecule is CCC[NH+]1CCN(C(=O)COc2c(Cl)cc(Cl)c3ccc(C)nc23)CC1. The summed E-state index contributed by atoms with van der Waals surface area (Å²) in [6, 6.07) is 5.41. The zero-order valence-corrected chi connectivity index (χ0v) is 16.7. The Labute approximate surface area is 163 Å². The highest BCUT2D eigenvalue weighted by atomic mass is 35.5. The fourth-order valence-corrected chi connectivity index (χ4v) is 3.90. The molecule has 0 bridgehead atoms. The van der Waals surface area contributed by atoms with Crippen molar-refractivity contribution >= 4 is 40.0 Å². The summed E-state index contributed by atoms with van der Waals surface area (Å²) in [5, 5.41) is 1.65. The van der Waals surface area contributed by atoms with E-state index in [2.05, 4.69) is 11.9 Å². The van der Waals surface area contributed by atoms with Gasteiger partial charge in [0.15, 0.2) is 12.4 Å². The average Bonchev–Trinajstić information content (AvgIpc) is 2.62. The zero-order chi connectivity index (χ0) is 18.7. The maximum absolute atomic E-state index is 12.5. The minimum absolute atomic E-state index is 0.0210. The first-order valence-electron chi connectivity index (χ1n) is 8.99. The Hall–Kier alpha value is -1.56. The second-order valence-corrected chi connectivity index (χ2v) is 7.50. The van der Waals surface area contributed by atoms with Gasteiger partial charge in [-0.2, -0.15) is 0 Å². The Morgan fingerprint density at radius 2 is 2.00 bits per heavy atom. The molecule has 1 amide bonds. The number of aryl methyl sites for hydroxylation is 1. The lowest BCUT2D eigenvalue weighted by Gasteiger charge is -2.32. The van der Waals surface area contributed by atoms with E-state index in [9.17, 15) is 4.79 Å². The van der Waals surface area contributed by atoms with Crippen LogP contribution in [0.4, 0.5) is 0 Å². The van der Waals surface area contributed by atoms with Crippen LogP contribution in [0.5, 0.6) is 5.75 Å². The van der Waals surface area contributed by atoms with Crippen molar-refractivity contribution in [3.05, 3.63) is 33.9 Å². The molecule has 0 unspecified atom stereocenters. The molecular weight excluding hydrogens is 373 g/mol. The van der Waals surface area contributed by atoms with Crippen LogP contribution in [0.3, 0.4) is 0 Å². The topological polar surface area (TPSA) is 46.9 Å². The smallest absolute Gasteiger partial charge is 0.260 e. The van der Waals surface area contributed by atoms with Crippen LogP contribution in [-0.4, -0.2) is 55.1 Å². The van der Waals surface area contributed by atoms with E-state index in [0.717, 1.165) is 43.8 Å². The first-order valence-corrected chi connectivity index (χ1v) is 9.74. The van der Waals surface area contributed by atoms with Crippen LogP contribution in [0, 0.1) is 6.92 Å². The summed E-state index contributed by atoms with van der Waals surface area (Å²) in [6.45, 7) is 8.71. The Kier molecular flexibility index (Phi) is 6.22. The summed E-state index contributed by atoms with van der Waals surface area (Å²) in [7, 11) is 0.